The molecule has 1 saturated heterocycles. The van der Waals surface area contributed by atoms with E-state index in [1.807, 2.05) is 32.3 Å². The van der Waals surface area contributed by atoms with Gasteiger partial charge in [-0.05, 0) is 42.5 Å². The zero-order valence-corrected chi connectivity index (χ0v) is 14.8. The minimum Gasteiger partial charge on any atom is -0.391 e. The normalized spacial score (nSPS) is 22.1. The van der Waals surface area contributed by atoms with Crippen molar-refractivity contribution in [2.24, 2.45) is 7.05 Å². The molecule has 0 amide bonds. The summed E-state index contributed by atoms with van der Waals surface area (Å²) in [7, 11) is -1.80. The lowest BCUT2D eigenvalue weighted by Crippen LogP contribution is -2.41. The van der Waals surface area contributed by atoms with Gasteiger partial charge in [0.15, 0.2) is 0 Å². The van der Waals surface area contributed by atoms with Gasteiger partial charge in [0, 0.05) is 19.8 Å². The summed E-state index contributed by atoms with van der Waals surface area (Å²) in [5.74, 6) is 0. The molecule has 3 rings (SSSR count). The van der Waals surface area contributed by atoms with E-state index in [2.05, 4.69) is 5.10 Å². The number of aliphatic hydroxyl groups excluding tert-OH is 1. The van der Waals surface area contributed by atoms with Gasteiger partial charge >= 0.3 is 0 Å². The number of hydrogen-bond acceptors (Lipinski definition) is 4. The first-order chi connectivity index (χ1) is 11.4. The molecule has 2 aromatic rings. The van der Waals surface area contributed by atoms with Crippen LogP contribution >= 0.6 is 0 Å². The Labute approximate surface area is 142 Å². The Hall–Kier alpha value is -1.70. The van der Waals surface area contributed by atoms with Crippen LogP contribution in [0.4, 0.5) is 0 Å². The van der Waals surface area contributed by atoms with E-state index in [4.69, 9.17) is 0 Å². The molecule has 1 aromatic heterocycles. The van der Waals surface area contributed by atoms with Gasteiger partial charge in [0.25, 0.3) is 0 Å². The predicted molar refractivity (Wildman–Crippen MR) is 91.0 cm³/mol. The van der Waals surface area contributed by atoms with Crippen LogP contribution in [0.2, 0.25) is 0 Å². The summed E-state index contributed by atoms with van der Waals surface area (Å²) < 4.78 is 29.1. The molecule has 2 atom stereocenters. The maximum Gasteiger partial charge on any atom is 0.243 e. The van der Waals surface area contributed by atoms with Crippen LogP contribution in [0.5, 0.6) is 0 Å². The molecule has 130 valence electrons. The molecule has 2 heterocycles. The molecular weight excluding hydrogens is 326 g/mol. The second-order valence-electron chi connectivity index (χ2n) is 6.26. The molecule has 0 aliphatic carbocycles. The quantitative estimate of drug-likeness (QED) is 0.884. The standard InChI is InChI=1S/C17H23N3O3S/c1-3-13-4-6-15(7-5-13)24(22,23)20-9-8-17(21)16(20)10-14-11-18-19(2)12-14/h4-7,11-12,16-17,21H,3,8-10H2,1-2H3/t16-,17-/m0/s1. The van der Waals surface area contributed by atoms with E-state index in [9.17, 15) is 13.5 Å². The minimum absolute atomic E-state index is 0.282. The van der Waals surface area contributed by atoms with E-state index in [0.717, 1.165) is 17.5 Å². The second kappa shape index (κ2) is 6.66. The van der Waals surface area contributed by atoms with Crippen molar-refractivity contribution in [1.82, 2.24) is 14.1 Å². The molecule has 0 radical (unpaired) electrons. The van der Waals surface area contributed by atoms with Crippen LogP contribution in [0.15, 0.2) is 41.6 Å². The number of aromatic nitrogens is 2. The Balaban J connectivity index is 1.87. The first-order valence-electron chi connectivity index (χ1n) is 8.18. The fourth-order valence-corrected chi connectivity index (χ4v) is 4.87. The Bertz CT molecular complexity index is 799. The molecule has 1 aliphatic heterocycles. The van der Waals surface area contributed by atoms with Crippen LogP contribution in [0.3, 0.4) is 0 Å². The third-order valence-electron chi connectivity index (χ3n) is 4.60. The molecule has 0 unspecified atom stereocenters. The largest absolute Gasteiger partial charge is 0.391 e. The Kier molecular flexibility index (Phi) is 4.76. The first-order valence-corrected chi connectivity index (χ1v) is 9.62. The highest BCUT2D eigenvalue weighted by Crippen LogP contribution is 2.28. The predicted octanol–water partition coefficient (Wildman–Crippen LogP) is 1.35. The van der Waals surface area contributed by atoms with Gasteiger partial charge in [-0.3, -0.25) is 4.68 Å². The van der Waals surface area contributed by atoms with E-state index in [1.54, 1.807) is 23.0 Å². The van der Waals surface area contributed by atoms with Crippen molar-refractivity contribution in [1.29, 1.82) is 0 Å². The molecule has 1 aliphatic rings. The number of rotatable bonds is 5. The van der Waals surface area contributed by atoms with Gasteiger partial charge in [-0.25, -0.2) is 8.42 Å². The summed E-state index contributed by atoms with van der Waals surface area (Å²) in [5, 5.41) is 14.4. The number of aryl methyl sites for hydroxylation is 2. The highest BCUT2D eigenvalue weighted by atomic mass is 32.2. The average Bonchev–Trinajstić information content (AvgIpc) is 3.14. The summed E-state index contributed by atoms with van der Waals surface area (Å²) in [6.45, 7) is 2.37. The smallest absolute Gasteiger partial charge is 0.243 e. The van der Waals surface area contributed by atoms with Gasteiger partial charge in [0.05, 0.1) is 23.2 Å². The number of aliphatic hydroxyl groups is 1. The molecule has 0 bridgehead atoms. The summed E-state index contributed by atoms with van der Waals surface area (Å²) in [4.78, 5) is 0.282. The maximum atomic E-state index is 13.0. The van der Waals surface area contributed by atoms with Crippen molar-refractivity contribution in [3.05, 3.63) is 47.8 Å². The summed E-state index contributed by atoms with van der Waals surface area (Å²) >= 11 is 0. The number of benzene rings is 1. The van der Waals surface area contributed by atoms with Gasteiger partial charge < -0.3 is 5.11 Å². The fraction of sp³-hybridized carbons (Fsp3) is 0.471. The van der Waals surface area contributed by atoms with Crippen molar-refractivity contribution < 1.29 is 13.5 Å². The number of sulfonamides is 1. The highest BCUT2D eigenvalue weighted by Gasteiger charge is 2.40. The second-order valence-corrected chi connectivity index (χ2v) is 8.15. The summed E-state index contributed by atoms with van der Waals surface area (Å²) in [5.41, 5.74) is 2.02. The summed E-state index contributed by atoms with van der Waals surface area (Å²) in [6, 6.07) is 6.54. The lowest BCUT2D eigenvalue weighted by atomic mass is 10.1. The molecular formula is C17H23N3O3S. The minimum atomic E-state index is -3.61. The SMILES string of the molecule is CCc1ccc(S(=O)(=O)N2CC[C@H](O)[C@@H]2Cc2cnn(C)c2)cc1. The monoisotopic (exact) mass is 349 g/mol. The highest BCUT2D eigenvalue weighted by molar-refractivity contribution is 7.89. The van der Waals surface area contributed by atoms with E-state index < -0.39 is 22.2 Å². The van der Waals surface area contributed by atoms with Crippen LogP contribution < -0.4 is 0 Å². The number of hydrogen-bond donors (Lipinski definition) is 1. The zero-order chi connectivity index (χ0) is 17.3. The molecule has 1 fully saturated rings. The van der Waals surface area contributed by atoms with Crippen molar-refractivity contribution in [2.75, 3.05) is 6.54 Å². The van der Waals surface area contributed by atoms with Gasteiger partial charge in [-0.2, -0.15) is 9.40 Å². The molecule has 7 heteroatoms. The lowest BCUT2D eigenvalue weighted by Gasteiger charge is -2.25. The van der Waals surface area contributed by atoms with E-state index in [0.29, 0.717) is 19.4 Å². The average molecular weight is 349 g/mol. The van der Waals surface area contributed by atoms with Crippen molar-refractivity contribution in [3.63, 3.8) is 0 Å². The maximum absolute atomic E-state index is 13.0. The Morgan fingerprint density at radius 1 is 1.25 bits per heavy atom. The van der Waals surface area contributed by atoms with Crippen molar-refractivity contribution in [2.45, 2.75) is 43.2 Å². The molecule has 6 nitrogen and oxygen atoms in total. The molecule has 24 heavy (non-hydrogen) atoms. The third kappa shape index (κ3) is 3.24. The number of nitrogens with zero attached hydrogens (tertiary/aromatic N) is 3. The van der Waals surface area contributed by atoms with E-state index in [-0.39, 0.29) is 4.90 Å². The van der Waals surface area contributed by atoms with Crippen LogP contribution in [-0.2, 0) is 29.9 Å². The molecule has 0 spiro atoms. The third-order valence-corrected chi connectivity index (χ3v) is 6.54. The Morgan fingerprint density at radius 2 is 1.96 bits per heavy atom. The van der Waals surface area contributed by atoms with E-state index in [1.165, 1.54) is 4.31 Å². The van der Waals surface area contributed by atoms with Gasteiger partial charge in [0.1, 0.15) is 0 Å². The topological polar surface area (TPSA) is 75.4 Å². The van der Waals surface area contributed by atoms with Gasteiger partial charge in [-0.15, -0.1) is 0 Å². The van der Waals surface area contributed by atoms with Crippen LogP contribution in [-0.4, -0.2) is 46.3 Å². The molecule has 1 N–H and O–H groups in total. The summed E-state index contributed by atoms with van der Waals surface area (Å²) in [6.07, 6.45) is 4.69. The van der Waals surface area contributed by atoms with E-state index >= 15 is 0 Å². The fourth-order valence-electron chi connectivity index (χ4n) is 3.20. The Morgan fingerprint density at radius 3 is 2.54 bits per heavy atom. The van der Waals surface area contributed by atoms with Crippen LogP contribution in [0, 0.1) is 0 Å². The molecule has 0 saturated carbocycles. The van der Waals surface area contributed by atoms with Gasteiger partial charge in [-0.1, -0.05) is 19.1 Å². The van der Waals surface area contributed by atoms with Crippen molar-refractivity contribution in [3.8, 4) is 0 Å². The van der Waals surface area contributed by atoms with Crippen molar-refractivity contribution >= 4 is 10.0 Å². The van der Waals surface area contributed by atoms with Crippen LogP contribution in [0.1, 0.15) is 24.5 Å². The van der Waals surface area contributed by atoms with Gasteiger partial charge in [0.2, 0.25) is 10.0 Å². The van der Waals surface area contributed by atoms with Crippen LogP contribution in [0.25, 0.3) is 0 Å². The first kappa shape index (κ1) is 17.1. The zero-order valence-electron chi connectivity index (χ0n) is 14.0. The lowest BCUT2D eigenvalue weighted by molar-refractivity contribution is 0.142. The molecule has 1 aromatic carbocycles.